The predicted octanol–water partition coefficient (Wildman–Crippen LogP) is 1.53. The third-order valence-electron chi connectivity index (χ3n) is 4.68. The number of carbonyl (C=O) groups excluding carboxylic acids is 1. The molecule has 2 aromatic rings. The number of hydrogen-bond acceptors (Lipinski definition) is 4. The van der Waals surface area contributed by atoms with Crippen molar-refractivity contribution in [1.29, 1.82) is 0 Å². The van der Waals surface area contributed by atoms with Gasteiger partial charge in [0.2, 0.25) is 5.91 Å². The van der Waals surface area contributed by atoms with Crippen LogP contribution in [-0.2, 0) is 18.3 Å². The number of rotatable bonds is 6. The van der Waals surface area contributed by atoms with Gasteiger partial charge in [0.1, 0.15) is 0 Å². The van der Waals surface area contributed by atoms with Crippen molar-refractivity contribution >= 4 is 11.6 Å². The van der Waals surface area contributed by atoms with E-state index in [1.807, 2.05) is 20.2 Å². The van der Waals surface area contributed by atoms with Crippen LogP contribution in [0.15, 0.2) is 36.5 Å². The Labute approximate surface area is 149 Å². The molecule has 0 radical (unpaired) electrons. The van der Waals surface area contributed by atoms with Gasteiger partial charge in [0.25, 0.3) is 0 Å². The maximum Gasteiger partial charge on any atom is 0.238 e. The molecule has 3 rings (SSSR count). The van der Waals surface area contributed by atoms with Crippen LogP contribution in [0.4, 0.5) is 5.69 Å². The van der Waals surface area contributed by atoms with Gasteiger partial charge in [-0.2, -0.15) is 5.10 Å². The fourth-order valence-corrected chi connectivity index (χ4v) is 3.22. The third kappa shape index (κ3) is 5.14. The molecule has 0 aliphatic carbocycles. The average Bonchev–Trinajstić information content (AvgIpc) is 2.92. The molecule has 0 bridgehead atoms. The first-order chi connectivity index (χ1) is 12.1. The Kier molecular flexibility index (Phi) is 5.83. The molecule has 1 aliphatic rings. The number of aromatic nitrogens is 2. The van der Waals surface area contributed by atoms with Crippen LogP contribution in [0, 0.1) is 6.92 Å². The largest absolute Gasteiger partial charge is 0.322 e. The lowest BCUT2D eigenvalue weighted by atomic mass is 10.1. The smallest absolute Gasteiger partial charge is 0.238 e. The van der Waals surface area contributed by atoms with Gasteiger partial charge in [-0.1, -0.05) is 30.3 Å². The highest BCUT2D eigenvalue weighted by Crippen LogP contribution is 2.11. The fraction of sp³-hybridized carbons (Fsp3) is 0.474. The van der Waals surface area contributed by atoms with Gasteiger partial charge in [0, 0.05) is 46.0 Å². The fourth-order valence-electron chi connectivity index (χ4n) is 3.22. The number of amides is 1. The number of piperazine rings is 1. The number of nitrogens with one attached hydrogen (secondary N) is 1. The number of benzene rings is 1. The summed E-state index contributed by atoms with van der Waals surface area (Å²) in [6, 6.07) is 10.6. The summed E-state index contributed by atoms with van der Waals surface area (Å²) in [6.07, 6.45) is 2.93. The van der Waals surface area contributed by atoms with E-state index in [4.69, 9.17) is 0 Å². The Morgan fingerprint density at radius 2 is 1.80 bits per heavy atom. The Morgan fingerprint density at radius 3 is 2.44 bits per heavy atom. The van der Waals surface area contributed by atoms with Crippen LogP contribution in [0.5, 0.6) is 0 Å². The van der Waals surface area contributed by atoms with Gasteiger partial charge < -0.3 is 10.2 Å². The molecule has 25 heavy (non-hydrogen) atoms. The van der Waals surface area contributed by atoms with Gasteiger partial charge in [-0.3, -0.25) is 14.4 Å². The summed E-state index contributed by atoms with van der Waals surface area (Å²) in [5, 5.41) is 7.21. The van der Waals surface area contributed by atoms with E-state index < -0.39 is 0 Å². The number of anilines is 1. The molecule has 1 aromatic carbocycles. The van der Waals surface area contributed by atoms with E-state index >= 15 is 0 Å². The molecule has 1 aliphatic heterocycles. The van der Waals surface area contributed by atoms with E-state index in [1.165, 1.54) is 5.56 Å². The van der Waals surface area contributed by atoms with Gasteiger partial charge in [-0.15, -0.1) is 0 Å². The van der Waals surface area contributed by atoms with Crippen molar-refractivity contribution in [3.63, 3.8) is 0 Å². The molecule has 134 valence electrons. The van der Waals surface area contributed by atoms with Crippen LogP contribution >= 0.6 is 0 Å². The van der Waals surface area contributed by atoms with Crippen LogP contribution in [0.3, 0.4) is 0 Å². The van der Waals surface area contributed by atoms with Crippen molar-refractivity contribution < 1.29 is 4.79 Å². The van der Waals surface area contributed by atoms with E-state index in [9.17, 15) is 4.79 Å². The van der Waals surface area contributed by atoms with Crippen LogP contribution in [0.2, 0.25) is 0 Å². The first-order valence-electron chi connectivity index (χ1n) is 8.89. The monoisotopic (exact) mass is 341 g/mol. The van der Waals surface area contributed by atoms with Crippen LogP contribution in [0.1, 0.15) is 11.3 Å². The number of nitrogens with zero attached hydrogens (tertiary/aromatic N) is 4. The SMILES string of the molecule is Cc1nn(C)cc1NC(=O)CN1CCN(CCc2ccccc2)CC1. The first-order valence-corrected chi connectivity index (χ1v) is 8.89. The summed E-state index contributed by atoms with van der Waals surface area (Å²) in [6.45, 7) is 7.35. The summed E-state index contributed by atoms with van der Waals surface area (Å²) >= 11 is 0. The number of aryl methyl sites for hydroxylation is 2. The minimum absolute atomic E-state index is 0.0360. The molecule has 1 amide bonds. The summed E-state index contributed by atoms with van der Waals surface area (Å²) in [5.41, 5.74) is 3.03. The molecule has 2 heterocycles. The lowest BCUT2D eigenvalue weighted by Gasteiger charge is -2.34. The van der Waals surface area contributed by atoms with Crippen LogP contribution in [0.25, 0.3) is 0 Å². The standard InChI is InChI=1S/C19H27N5O/c1-16-18(14-22(2)21-16)20-19(25)15-24-12-10-23(11-13-24)9-8-17-6-4-3-5-7-17/h3-7,14H,8-13,15H2,1-2H3,(H,20,25). The molecule has 0 unspecified atom stereocenters. The minimum atomic E-state index is 0.0360. The zero-order chi connectivity index (χ0) is 17.6. The Morgan fingerprint density at radius 1 is 1.12 bits per heavy atom. The highest BCUT2D eigenvalue weighted by molar-refractivity contribution is 5.92. The van der Waals surface area contributed by atoms with E-state index in [0.29, 0.717) is 6.54 Å². The van der Waals surface area contributed by atoms with E-state index in [1.54, 1.807) is 4.68 Å². The number of carbonyl (C=O) groups is 1. The highest BCUT2D eigenvalue weighted by Gasteiger charge is 2.19. The molecular weight excluding hydrogens is 314 g/mol. The van der Waals surface area contributed by atoms with Gasteiger partial charge in [0.15, 0.2) is 0 Å². The van der Waals surface area contributed by atoms with Gasteiger partial charge in [-0.25, -0.2) is 0 Å². The Balaban J connectivity index is 1.38. The van der Waals surface area contributed by atoms with Gasteiger partial charge in [0.05, 0.1) is 17.9 Å². The molecule has 1 aromatic heterocycles. The third-order valence-corrected chi connectivity index (χ3v) is 4.68. The Hall–Kier alpha value is -2.18. The summed E-state index contributed by atoms with van der Waals surface area (Å²) in [4.78, 5) is 16.9. The van der Waals surface area contributed by atoms with Crippen molar-refractivity contribution in [3.05, 3.63) is 47.8 Å². The first kappa shape index (κ1) is 17.6. The van der Waals surface area contributed by atoms with Crippen LogP contribution in [-0.4, -0.2) is 64.8 Å². The van der Waals surface area contributed by atoms with Gasteiger partial charge >= 0.3 is 0 Å². The predicted molar refractivity (Wildman–Crippen MR) is 99.6 cm³/mol. The molecule has 6 nitrogen and oxygen atoms in total. The van der Waals surface area contributed by atoms with Crippen molar-refractivity contribution in [2.24, 2.45) is 7.05 Å². The van der Waals surface area contributed by atoms with E-state index in [-0.39, 0.29) is 5.91 Å². The molecule has 1 saturated heterocycles. The summed E-state index contributed by atoms with van der Waals surface area (Å²) in [5.74, 6) is 0.0360. The maximum absolute atomic E-state index is 12.2. The quantitative estimate of drug-likeness (QED) is 0.866. The van der Waals surface area contributed by atoms with Gasteiger partial charge in [-0.05, 0) is 18.9 Å². The molecule has 0 atom stereocenters. The zero-order valence-corrected chi connectivity index (χ0v) is 15.1. The van der Waals surface area contributed by atoms with Crippen molar-refractivity contribution in [3.8, 4) is 0 Å². The number of hydrogen-bond donors (Lipinski definition) is 1. The molecule has 6 heteroatoms. The topological polar surface area (TPSA) is 53.4 Å². The highest BCUT2D eigenvalue weighted by atomic mass is 16.2. The molecular formula is C19H27N5O. The lowest BCUT2D eigenvalue weighted by Crippen LogP contribution is -2.49. The second kappa shape index (κ2) is 8.27. The zero-order valence-electron chi connectivity index (χ0n) is 15.1. The van der Waals surface area contributed by atoms with Crippen molar-refractivity contribution in [1.82, 2.24) is 19.6 Å². The summed E-state index contributed by atoms with van der Waals surface area (Å²) in [7, 11) is 1.86. The second-order valence-corrected chi connectivity index (χ2v) is 6.70. The van der Waals surface area contributed by atoms with Crippen LogP contribution < -0.4 is 5.32 Å². The molecule has 0 saturated carbocycles. The Bertz CT molecular complexity index is 689. The molecule has 0 spiro atoms. The minimum Gasteiger partial charge on any atom is -0.322 e. The average molecular weight is 341 g/mol. The van der Waals surface area contributed by atoms with Crippen molar-refractivity contribution in [2.45, 2.75) is 13.3 Å². The second-order valence-electron chi connectivity index (χ2n) is 6.70. The normalized spacial score (nSPS) is 16.1. The molecule has 1 N–H and O–H groups in total. The van der Waals surface area contributed by atoms with E-state index in [0.717, 1.165) is 50.5 Å². The maximum atomic E-state index is 12.2. The van der Waals surface area contributed by atoms with Crippen molar-refractivity contribution in [2.75, 3.05) is 44.6 Å². The lowest BCUT2D eigenvalue weighted by molar-refractivity contribution is -0.117. The summed E-state index contributed by atoms with van der Waals surface area (Å²) < 4.78 is 1.72. The molecule has 1 fully saturated rings. The van der Waals surface area contributed by atoms with E-state index in [2.05, 4.69) is 50.5 Å².